The van der Waals surface area contributed by atoms with Gasteiger partial charge in [0.05, 0.1) is 0 Å². The zero-order chi connectivity index (χ0) is 16.2. The van der Waals surface area contributed by atoms with Crippen LogP contribution in [0.4, 0.5) is 4.39 Å². The van der Waals surface area contributed by atoms with E-state index < -0.39 is 24.2 Å². The number of esters is 1. The molecule has 0 aliphatic heterocycles. The summed E-state index contributed by atoms with van der Waals surface area (Å²) >= 11 is 0. The molecule has 23 heavy (non-hydrogen) atoms. The van der Waals surface area contributed by atoms with Gasteiger partial charge in [0.2, 0.25) is 0 Å². The van der Waals surface area contributed by atoms with Crippen LogP contribution in [0.25, 0.3) is 11.0 Å². The Morgan fingerprint density at radius 3 is 2.22 bits per heavy atom. The van der Waals surface area contributed by atoms with Gasteiger partial charge in [0, 0.05) is 5.56 Å². The van der Waals surface area contributed by atoms with Crippen LogP contribution < -0.4 is 0 Å². The fraction of sp³-hybridized carbons (Fsp3) is 0.125. The summed E-state index contributed by atoms with van der Waals surface area (Å²) in [4.78, 5) is 24.8. The van der Waals surface area contributed by atoms with Crippen molar-refractivity contribution in [1.29, 1.82) is 0 Å². The maximum absolute atomic E-state index is 12.8. The van der Waals surface area contributed by atoms with Crippen LogP contribution >= 0.6 is 0 Å². The monoisotopic (exact) mass is 313 g/mol. The van der Waals surface area contributed by atoms with Crippen LogP contribution in [0.5, 0.6) is 0 Å². The summed E-state index contributed by atoms with van der Waals surface area (Å²) in [6.45, 7) is -0.601. The molecule has 116 valence electrons. The number of halogens is 1. The largest absolute Gasteiger partial charge is 0.456 e. The van der Waals surface area contributed by atoms with Gasteiger partial charge in [0.15, 0.2) is 18.9 Å². The van der Waals surface area contributed by atoms with E-state index in [1.54, 1.807) is 12.1 Å². The Bertz CT molecular complexity index is 825. The molecule has 7 heteroatoms. The molecule has 2 aromatic carbocycles. The Kier molecular flexibility index (Phi) is 4.09. The number of ketones is 1. The number of fused-ring (bicyclic) bond motifs is 1. The molecule has 0 fully saturated rings. The van der Waals surface area contributed by atoms with Crippen molar-refractivity contribution in [3.8, 4) is 0 Å². The Balaban J connectivity index is 1.56. The van der Waals surface area contributed by atoms with Gasteiger partial charge in [-0.1, -0.05) is 12.1 Å². The highest BCUT2D eigenvalue weighted by atomic mass is 19.1. The molecule has 0 amide bonds. The topological polar surface area (TPSA) is 74.1 Å². The van der Waals surface area contributed by atoms with Gasteiger partial charge in [0.25, 0.3) is 0 Å². The first kappa shape index (κ1) is 14.8. The normalized spacial score (nSPS) is 10.7. The Morgan fingerprint density at radius 1 is 1.00 bits per heavy atom. The predicted molar refractivity (Wildman–Crippen MR) is 79.2 cm³/mol. The van der Waals surface area contributed by atoms with E-state index >= 15 is 0 Å². The van der Waals surface area contributed by atoms with Gasteiger partial charge >= 0.3 is 5.97 Å². The van der Waals surface area contributed by atoms with E-state index in [9.17, 15) is 14.0 Å². The van der Waals surface area contributed by atoms with Crippen molar-refractivity contribution < 1.29 is 18.7 Å². The van der Waals surface area contributed by atoms with E-state index in [2.05, 4.69) is 10.2 Å². The summed E-state index contributed by atoms with van der Waals surface area (Å²) in [6.07, 6.45) is 0. The molecule has 0 atom stereocenters. The second-order valence-corrected chi connectivity index (χ2v) is 4.81. The molecule has 0 bridgehead atoms. The number of carbonyl (C=O) groups excluding carboxylic acids is 2. The fourth-order valence-electron chi connectivity index (χ4n) is 2.00. The van der Waals surface area contributed by atoms with E-state index in [-0.39, 0.29) is 12.1 Å². The molecular weight excluding hydrogens is 301 g/mol. The number of hydrogen-bond donors (Lipinski definition) is 0. The zero-order valence-electron chi connectivity index (χ0n) is 12.0. The molecule has 3 rings (SSSR count). The van der Waals surface area contributed by atoms with Gasteiger partial charge in [-0.2, -0.15) is 15.0 Å². The molecule has 0 aliphatic rings. The number of nitrogens with zero attached hydrogens (tertiary/aromatic N) is 3. The molecule has 0 aliphatic carbocycles. The van der Waals surface area contributed by atoms with E-state index in [4.69, 9.17) is 4.74 Å². The number of aromatic nitrogens is 3. The van der Waals surface area contributed by atoms with Crippen LogP contribution in [0.1, 0.15) is 10.4 Å². The number of ether oxygens (including phenoxy) is 1. The van der Waals surface area contributed by atoms with Crippen molar-refractivity contribution in [3.05, 3.63) is 59.9 Å². The van der Waals surface area contributed by atoms with Crippen molar-refractivity contribution in [2.45, 2.75) is 6.54 Å². The molecule has 1 aromatic heterocycles. The van der Waals surface area contributed by atoms with Gasteiger partial charge in [-0.15, -0.1) is 0 Å². The summed E-state index contributed by atoms with van der Waals surface area (Å²) in [5, 5.41) is 8.25. The third kappa shape index (κ3) is 3.57. The SMILES string of the molecule is O=C(Cn1nc2ccccc2n1)OCC(=O)c1ccc(F)cc1. The third-order valence-electron chi connectivity index (χ3n) is 3.13. The van der Waals surface area contributed by atoms with E-state index in [1.165, 1.54) is 29.1 Å². The summed E-state index contributed by atoms with van der Waals surface area (Å²) < 4.78 is 17.7. The molecule has 0 radical (unpaired) electrons. The highest BCUT2D eigenvalue weighted by Gasteiger charge is 2.12. The zero-order valence-corrected chi connectivity index (χ0v) is 12.0. The molecule has 6 nitrogen and oxygen atoms in total. The van der Waals surface area contributed by atoms with Crippen molar-refractivity contribution >= 4 is 22.8 Å². The first-order chi connectivity index (χ1) is 11.1. The molecule has 3 aromatic rings. The minimum Gasteiger partial charge on any atom is -0.456 e. The smallest absolute Gasteiger partial charge is 0.330 e. The molecular formula is C16H12FN3O3. The quantitative estimate of drug-likeness (QED) is 0.532. The lowest BCUT2D eigenvalue weighted by Crippen LogP contribution is -2.19. The van der Waals surface area contributed by atoms with Crippen molar-refractivity contribution in [1.82, 2.24) is 15.0 Å². The minimum atomic E-state index is -0.624. The molecule has 0 N–H and O–H groups in total. The summed E-state index contributed by atoms with van der Waals surface area (Å²) in [6, 6.07) is 12.2. The summed E-state index contributed by atoms with van der Waals surface area (Å²) in [5.41, 5.74) is 1.62. The lowest BCUT2D eigenvalue weighted by molar-refractivity contribution is -0.143. The number of carbonyl (C=O) groups is 2. The van der Waals surface area contributed by atoms with Crippen molar-refractivity contribution in [2.75, 3.05) is 6.61 Å². The Hall–Kier alpha value is -3.09. The lowest BCUT2D eigenvalue weighted by atomic mass is 10.1. The van der Waals surface area contributed by atoms with E-state index in [0.29, 0.717) is 11.0 Å². The number of rotatable bonds is 5. The maximum atomic E-state index is 12.8. The van der Waals surface area contributed by atoms with E-state index in [0.717, 1.165) is 0 Å². The third-order valence-corrected chi connectivity index (χ3v) is 3.13. The molecule has 1 heterocycles. The van der Waals surface area contributed by atoms with Crippen LogP contribution in [-0.4, -0.2) is 33.4 Å². The van der Waals surface area contributed by atoms with Gasteiger partial charge in [-0.3, -0.25) is 4.79 Å². The highest BCUT2D eigenvalue weighted by Crippen LogP contribution is 2.07. The Morgan fingerprint density at radius 2 is 1.61 bits per heavy atom. The first-order valence-electron chi connectivity index (χ1n) is 6.86. The molecule has 0 unspecified atom stereocenters. The lowest BCUT2D eigenvalue weighted by Gasteiger charge is -2.04. The van der Waals surface area contributed by atoms with Gasteiger partial charge in [-0.05, 0) is 36.4 Å². The number of benzene rings is 2. The number of hydrogen-bond acceptors (Lipinski definition) is 5. The van der Waals surface area contributed by atoms with Gasteiger partial charge < -0.3 is 4.74 Å². The maximum Gasteiger partial charge on any atom is 0.330 e. The predicted octanol–water partition coefficient (Wildman–Crippen LogP) is 2.00. The van der Waals surface area contributed by atoms with Crippen molar-refractivity contribution in [2.24, 2.45) is 0 Å². The minimum absolute atomic E-state index is 0.189. The fourth-order valence-corrected chi connectivity index (χ4v) is 2.00. The standard InChI is InChI=1S/C16H12FN3O3/c17-12-7-5-11(6-8-12)15(21)10-23-16(22)9-20-18-13-3-1-2-4-14(13)19-20/h1-8H,9-10H2. The van der Waals surface area contributed by atoms with Crippen LogP contribution in [-0.2, 0) is 16.1 Å². The summed E-state index contributed by atoms with van der Waals surface area (Å²) in [5.74, 6) is -1.46. The average molecular weight is 313 g/mol. The van der Waals surface area contributed by atoms with Crippen LogP contribution in [0.2, 0.25) is 0 Å². The van der Waals surface area contributed by atoms with Crippen LogP contribution in [0, 0.1) is 5.82 Å². The van der Waals surface area contributed by atoms with Crippen molar-refractivity contribution in [3.63, 3.8) is 0 Å². The molecule has 0 saturated carbocycles. The van der Waals surface area contributed by atoms with Gasteiger partial charge in [-0.25, -0.2) is 9.18 Å². The summed E-state index contributed by atoms with van der Waals surface area (Å²) in [7, 11) is 0. The average Bonchev–Trinajstić information content (AvgIpc) is 2.95. The number of Topliss-reactive ketones (excluding diaryl/α,β-unsaturated/α-hetero) is 1. The molecule has 0 saturated heterocycles. The first-order valence-corrected chi connectivity index (χ1v) is 6.86. The second kappa shape index (κ2) is 6.35. The highest BCUT2D eigenvalue weighted by molar-refractivity contribution is 5.97. The second-order valence-electron chi connectivity index (χ2n) is 4.81. The van der Waals surface area contributed by atoms with Crippen LogP contribution in [0.3, 0.4) is 0 Å². The van der Waals surface area contributed by atoms with Crippen LogP contribution in [0.15, 0.2) is 48.5 Å². The van der Waals surface area contributed by atoms with Gasteiger partial charge in [0.1, 0.15) is 16.9 Å². The van der Waals surface area contributed by atoms with E-state index in [1.807, 2.05) is 12.1 Å². The molecule has 0 spiro atoms. The Labute approximate surface area is 130 Å².